The van der Waals surface area contributed by atoms with Gasteiger partial charge in [0.2, 0.25) is 0 Å². The number of rotatable bonds is 4. The summed E-state index contributed by atoms with van der Waals surface area (Å²) >= 11 is 3.47. The minimum Gasteiger partial charge on any atom is -0.496 e. The fraction of sp³-hybridized carbons (Fsp3) is 0.222. The number of carboxylic acids is 1. The lowest BCUT2D eigenvalue weighted by Gasteiger charge is -2.07. The predicted octanol–water partition coefficient (Wildman–Crippen LogP) is 4.02. The standard InChI is InChI=1S/C18H17BrN2O3/c1-10-6-12(4-5-15(10)24-3)17-14(8-16(22)23)21-9-13(19)7-11(2)18(21)20-17/h4-7,9H,8H2,1-3H3,(H,22,23). The van der Waals surface area contributed by atoms with Crippen molar-refractivity contribution in [1.29, 1.82) is 0 Å². The number of carbonyl (C=O) groups is 1. The molecule has 0 spiro atoms. The van der Waals surface area contributed by atoms with Gasteiger partial charge >= 0.3 is 5.97 Å². The number of halogens is 1. The Morgan fingerprint density at radius 2 is 2.04 bits per heavy atom. The fourth-order valence-electron chi connectivity index (χ4n) is 2.88. The molecule has 0 atom stereocenters. The number of aliphatic carboxylic acids is 1. The predicted molar refractivity (Wildman–Crippen MR) is 95.7 cm³/mol. The summed E-state index contributed by atoms with van der Waals surface area (Å²) in [4.78, 5) is 16.1. The van der Waals surface area contributed by atoms with E-state index in [-0.39, 0.29) is 6.42 Å². The van der Waals surface area contributed by atoms with Gasteiger partial charge < -0.3 is 14.2 Å². The zero-order valence-corrected chi connectivity index (χ0v) is 15.2. The second kappa shape index (κ2) is 6.28. The number of benzene rings is 1. The summed E-state index contributed by atoms with van der Waals surface area (Å²) in [6, 6.07) is 7.72. The molecule has 0 aliphatic heterocycles. The van der Waals surface area contributed by atoms with Crippen LogP contribution in [0.2, 0.25) is 0 Å². The Bertz CT molecular complexity index is 947. The molecule has 0 bridgehead atoms. The first kappa shape index (κ1) is 16.5. The first-order valence-electron chi connectivity index (χ1n) is 7.44. The van der Waals surface area contributed by atoms with Crippen LogP contribution in [0, 0.1) is 13.8 Å². The smallest absolute Gasteiger partial charge is 0.309 e. The molecule has 1 aromatic carbocycles. The third-order valence-corrected chi connectivity index (χ3v) is 4.39. The van der Waals surface area contributed by atoms with Crippen molar-refractivity contribution in [2.45, 2.75) is 20.3 Å². The third-order valence-electron chi connectivity index (χ3n) is 3.96. The van der Waals surface area contributed by atoms with Crippen molar-refractivity contribution in [2.24, 2.45) is 0 Å². The highest BCUT2D eigenvalue weighted by atomic mass is 79.9. The molecule has 3 aromatic rings. The summed E-state index contributed by atoms with van der Waals surface area (Å²) in [5.41, 5.74) is 4.94. The quantitative estimate of drug-likeness (QED) is 0.732. The molecule has 2 aromatic heterocycles. The molecule has 0 amide bonds. The molecule has 24 heavy (non-hydrogen) atoms. The van der Waals surface area contributed by atoms with E-state index in [2.05, 4.69) is 15.9 Å². The lowest BCUT2D eigenvalue weighted by atomic mass is 10.1. The molecule has 0 saturated heterocycles. The van der Waals surface area contributed by atoms with E-state index in [0.717, 1.165) is 32.6 Å². The van der Waals surface area contributed by atoms with Crippen LogP contribution in [-0.2, 0) is 11.2 Å². The number of nitrogens with zero attached hydrogens (tertiary/aromatic N) is 2. The van der Waals surface area contributed by atoms with E-state index in [4.69, 9.17) is 9.72 Å². The Morgan fingerprint density at radius 1 is 1.29 bits per heavy atom. The highest BCUT2D eigenvalue weighted by Gasteiger charge is 2.18. The average molecular weight is 389 g/mol. The van der Waals surface area contributed by atoms with Gasteiger partial charge in [0.15, 0.2) is 0 Å². The van der Waals surface area contributed by atoms with E-state index < -0.39 is 5.97 Å². The van der Waals surface area contributed by atoms with Gasteiger partial charge in [-0.3, -0.25) is 4.79 Å². The second-order valence-electron chi connectivity index (χ2n) is 5.70. The van der Waals surface area contributed by atoms with Crippen LogP contribution >= 0.6 is 15.9 Å². The highest BCUT2D eigenvalue weighted by Crippen LogP contribution is 2.31. The topological polar surface area (TPSA) is 63.8 Å². The summed E-state index contributed by atoms with van der Waals surface area (Å²) in [5.74, 6) is -0.0952. The zero-order valence-electron chi connectivity index (χ0n) is 13.6. The highest BCUT2D eigenvalue weighted by molar-refractivity contribution is 9.10. The lowest BCUT2D eigenvalue weighted by Crippen LogP contribution is -2.05. The number of hydrogen-bond acceptors (Lipinski definition) is 3. The lowest BCUT2D eigenvalue weighted by molar-refractivity contribution is -0.136. The molecule has 3 rings (SSSR count). The molecule has 0 unspecified atom stereocenters. The van der Waals surface area contributed by atoms with Crippen molar-refractivity contribution >= 4 is 27.5 Å². The first-order chi connectivity index (χ1) is 11.4. The molecule has 124 valence electrons. The van der Waals surface area contributed by atoms with E-state index in [1.807, 2.05) is 48.7 Å². The SMILES string of the molecule is COc1ccc(-c2nc3c(C)cc(Br)cn3c2CC(=O)O)cc1C. The second-order valence-corrected chi connectivity index (χ2v) is 6.61. The van der Waals surface area contributed by atoms with Gasteiger partial charge in [-0.1, -0.05) is 0 Å². The first-order valence-corrected chi connectivity index (χ1v) is 8.24. The van der Waals surface area contributed by atoms with Crippen molar-refractivity contribution in [2.75, 3.05) is 7.11 Å². The Labute approximate surface area is 148 Å². The molecule has 0 fully saturated rings. The number of aryl methyl sites for hydroxylation is 2. The Morgan fingerprint density at radius 3 is 2.67 bits per heavy atom. The van der Waals surface area contributed by atoms with Gasteiger partial charge in [0.25, 0.3) is 0 Å². The van der Waals surface area contributed by atoms with Crippen LogP contribution in [0.4, 0.5) is 0 Å². The van der Waals surface area contributed by atoms with E-state index in [0.29, 0.717) is 11.4 Å². The van der Waals surface area contributed by atoms with Crippen LogP contribution in [0.3, 0.4) is 0 Å². The van der Waals surface area contributed by atoms with Crippen molar-refractivity contribution in [1.82, 2.24) is 9.38 Å². The van der Waals surface area contributed by atoms with Crippen LogP contribution in [0.25, 0.3) is 16.9 Å². The summed E-state index contributed by atoms with van der Waals surface area (Å²) in [5, 5.41) is 9.32. The van der Waals surface area contributed by atoms with Crippen LogP contribution in [0.15, 0.2) is 34.9 Å². The van der Waals surface area contributed by atoms with Gasteiger partial charge in [-0.05, 0) is 65.2 Å². The maximum Gasteiger partial charge on any atom is 0.309 e. The Balaban J connectivity index is 2.28. The number of fused-ring (bicyclic) bond motifs is 1. The number of aromatic nitrogens is 2. The normalized spacial score (nSPS) is 11.0. The Hall–Kier alpha value is -2.34. The average Bonchev–Trinajstić information content (AvgIpc) is 2.85. The van der Waals surface area contributed by atoms with E-state index in [1.165, 1.54) is 0 Å². The van der Waals surface area contributed by atoms with E-state index in [1.54, 1.807) is 7.11 Å². The van der Waals surface area contributed by atoms with Gasteiger partial charge in [0.05, 0.1) is 24.9 Å². The Kier molecular flexibility index (Phi) is 4.32. The largest absolute Gasteiger partial charge is 0.496 e. The maximum atomic E-state index is 11.4. The summed E-state index contributed by atoms with van der Waals surface area (Å²) in [6.45, 7) is 3.91. The number of hydrogen-bond donors (Lipinski definition) is 1. The molecule has 5 nitrogen and oxygen atoms in total. The molecule has 2 heterocycles. The summed E-state index contributed by atoms with van der Waals surface area (Å²) < 4.78 is 8.03. The molecular formula is C18H17BrN2O3. The molecular weight excluding hydrogens is 372 g/mol. The number of imidazole rings is 1. The molecule has 0 saturated carbocycles. The van der Waals surface area contributed by atoms with Crippen LogP contribution < -0.4 is 4.74 Å². The van der Waals surface area contributed by atoms with Crippen LogP contribution in [-0.4, -0.2) is 27.6 Å². The van der Waals surface area contributed by atoms with Crippen molar-refractivity contribution in [3.05, 3.63) is 51.8 Å². The third kappa shape index (κ3) is 2.89. The number of ether oxygens (including phenoxy) is 1. The van der Waals surface area contributed by atoms with E-state index >= 15 is 0 Å². The fourth-order valence-corrected chi connectivity index (χ4v) is 3.43. The number of methoxy groups -OCH3 is 1. The molecule has 1 N–H and O–H groups in total. The van der Waals surface area contributed by atoms with Crippen molar-refractivity contribution < 1.29 is 14.6 Å². The van der Waals surface area contributed by atoms with Crippen LogP contribution in [0.1, 0.15) is 16.8 Å². The molecule has 0 aliphatic carbocycles. The van der Waals surface area contributed by atoms with Crippen molar-refractivity contribution in [3.63, 3.8) is 0 Å². The number of pyridine rings is 1. The van der Waals surface area contributed by atoms with Gasteiger partial charge in [0.1, 0.15) is 11.4 Å². The monoisotopic (exact) mass is 388 g/mol. The molecule has 6 heteroatoms. The summed E-state index contributed by atoms with van der Waals surface area (Å²) in [7, 11) is 1.63. The van der Waals surface area contributed by atoms with E-state index in [9.17, 15) is 9.90 Å². The minimum absolute atomic E-state index is 0.0997. The van der Waals surface area contributed by atoms with Gasteiger partial charge in [0, 0.05) is 16.2 Å². The zero-order chi connectivity index (χ0) is 17.4. The van der Waals surface area contributed by atoms with Crippen molar-refractivity contribution in [3.8, 4) is 17.0 Å². The van der Waals surface area contributed by atoms with Gasteiger partial charge in [-0.25, -0.2) is 4.98 Å². The number of carboxylic acid groups (broad SMARTS) is 1. The van der Waals surface area contributed by atoms with Gasteiger partial charge in [-0.2, -0.15) is 0 Å². The molecule has 0 aliphatic rings. The minimum atomic E-state index is -0.888. The molecule has 0 radical (unpaired) electrons. The summed E-state index contributed by atoms with van der Waals surface area (Å²) in [6.07, 6.45) is 1.75. The maximum absolute atomic E-state index is 11.4. The van der Waals surface area contributed by atoms with Crippen LogP contribution in [0.5, 0.6) is 5.75 Å². The van der Waals surface area contributed by atoms with Gasteiger partial charge in [-0.15, -0.1) is 0 Å².